The first-order chi connectivity index (χ1) is 10.5. The number of nitrogens with two attached hydrogens (primary N) is 1. The third kappa shape index (κ3) is 4.08. The van der Waals surface area contributed by atoms with Gasteiger partial charge in [0.25, 0.3) is 10.0 Å². The van der Waals surface area contributed by atoms with Crippen molar-refractivity contribution in [3.05, 3.63) is 0 Å². The largest absolute Gasteiger partial charge is 0.418 e. The topological polar surface area (TPSA) is 169 Å². The molecule has 132 valence electrons. The SMILES string of the molecule is COCS(=O)(=O)N=C(N)C1CCC2CN1C(=O)N2OS(=O)(=O)O. The Morgan fingerprint density at radius 2 is 2.04 bits per heavy atom. The number of amides is 2. The molecule has 2 rings (SSSR count). The minimum atomic E-state index is -4.85. The zero-order chi connectivity index (χ0) is 17.4. The zero-order valence-electron chi connectivity index (χ0n) is 12.0. The van der Waals surface area contributed by atoms with Gasteiger partial charge < -0.3 is 15.4 Å². The second kappa shape index (κ2) is 6.20. The van der Waals surface area contributed by atoms with Crippen LogP contribution in [0.15, 0.2) is 4.40 Å². The maximum absolute atomic E-state index is 12.1. The van der Waals surface area contributed by atoms with Crippen molar-refractivity contribution in [3.63, 3.8) is 0 Å². The Hall–Kier alpha value is -1.48. The summed E-state index contributed by atoms with van der Waals surface area (Å²) in [5.74, 6) is -0.961. The average Bonchev–Trinajstić information content (AvgIpc) is 2.62. The van der Waals surface area contributed by atoms with E-state index in [1.165, 1.54) is 7.11 Å². The standard InChI is InChI=1S/C9H16N4O8S2/c1-20-5-22(15,16)11-8(10)7-3-2-6-4-12(7)9(14)13(6)21-23(17,18)19/h6-7H,2-5H2,1H3,(H2,10,11)(H,17,18,19). The van der Waals surface area contributed by atoms with E-state index < -0.39 is 44.5 Å². The number of hydrogen-bond acceptors (Lipinski definition) is 7. The quantitative estimate of drug-likeness (QED) is 0.313. The van der Waals surface area contributed by atoms with Crippen molar-refractivity contribution in [2.24, 2.45) is 10.1 Å². The van der Waals surface area contributed by atoms with Gasteiger partial charge in [0.2, 0.25) is 0 Å². The van der Waals surface area contributed by atoms with E-state index in [4.69, 9.17) is 10.3 Å². The number of amidine groups is 1. The minimum Gasteiger partial charge on any atom is -0.385 e. The lowest BCUT2D eigenvalue weighted by atomic mass is 10.0. The second-order valence-electron chi connectivity index (χ2n) is 5.01. The molecule has 2 fully saturated rings. The fourth-order valence-electron chi connectivity index (χ4n) is 2.54. The van der Waals surface area contributed by atoms with Crippen molar-refractivity contribution in [3.8, 4) is 0 Å². The summed E-state index contributed by atoms with van der Waals surface area (Å²) in [5.41, 5.74) is 5.68. The molecule has 3 N–H and O–H groups in total. The fourth-order valence-corrected chi connectivity index (χ4v) is 3.72. The Morgan fingerprint density at radius 1 is 1.39 bits per heavy atom. The maximum atomic E-state index is 12.1. The molecule has 2 aliphatic heterocycles. The highest BCUT2D eigenvalue weighted by atomic mass is 32.3. The summed E-state index contributed by atoms with van der Waals surface area (Å²) in [6.45, 7) is 0.0690. The first kappa shape index (κ1) is 17.9. The molecule has 2 heterocycles. The second-order valence-corrected chi connectivity index (χ2v) is 7.60. The van der Waals surface area contributed by atoms with Crippen LogP contribution in [0, 0.1) is 0 Å². The third-order valence-corrected chi connectivity index (χ3v) is 4.72. The van der Waals surface area contributed by atoms with Gasteiger partial charge >= 0.3 is 16.4 Å². The van der Waals surface area contributed by atoms with Crippen LogP contribution in [-0.4, -0.2) is 74.9 Å². The predicted molar refractivity (Wildman–Crippen MR) is 75.8 cm³/mol. The molecule has 0 aromatic heterocycles. The Kier molecular flexibility index (Phi) is 4.81. The number of carbonyl (C=O) groups is 1. The van der Waals surface area contributed by atoms with Gasteiger partial charge in [-0.1, -0.05) is 0 Å². The highest BCUT2D eigenvalue weighted by Gasteiger charge is 2.48. The smallest absolute Gasteiger partial charge is 0.385 e. The van der Waals surface area contributed by atoms with Crippen LogP contribution in [-0.2, 0) is 29.4 Å². The fraction of sp³-hybridized carbons (Fsp3) is 0.778. The molecule has 2 bridgehead atoms. The number of methoxy groups -OCH3 is 1. The molecule has 23 heavy (non-hydrogen) atoms. The minimum absolute atomic E-state index is 0.0690. The Labute approximate surface area is 132 Å². The van der Waals surface area contributed by atoms with Crippen molar-refractivity contribution in [1.82, 2.24) is 9.96 Å². The number of fused-ring (bicyclic) bond motifs is 2. The van der Waals surface area contributed by atoms with Gasteiger partial charge in [-0.3, -0.25) is 4.55 Å². The van der Waals surface area contributed by atoms with Crippen molar-refractivity contribution in [2.75, 3.05) is 19.6 Å². The predicted octanol–water partition coefficient (Wildman–Crippen LogP) is -1.72. The molecule has 12 nitrogen and oxygen atoms in total. The van der Waals surface area contributed by atoms with Crippen LogP contribution in [0.1, 0.15) is 12.8 Å². The maximum Gasteiger partial charge on any atom is 0.418 e. The van der Waals surface area contributed by atoms with Crippen LogP contribution >= 0.6 is 0 Å². The first-order valence-electron chi connectivity index (χ1n) is 6.38. The number of carbonyl (C=O) groups excluding carboxylic acids is 1. The average molecular weight is 372 g/mol. The van der Waals surface area contributed by atoms with Gasteiger partial charge in [-0.25, -0.2) is 13.2 Å². The van der Waals surface area contributed by atoms with Gasteiger partial charge in [0.1, 0.15) is 5.84 Å². The number of hydrogen-bond donors (Lipinski definition) is 2. The zero-order valence-corrected chi connectivity index (χ0v) is 13.7. The molecular formula is C9H16N4O8S2. The molecule has 14 heteroatoms. The lowest BCUT2D eigenvalue weighted by Gasteiger charge is -2.29. The number of ether oxygens (including phenoxy) is 1. The normalized spacial score (nSPS) is 26.0. The Bertz CT molecular complexity index is 718. The van der Waals surface area contributed by atoms with E-state index >= 15 is 0 Å². The van der Waals surface area contributed by atoms with Crippen LogP contribution in [0.4, 0.5) is 4.79 Å². The van der Waals surface area contributed by atoms with E-state index in [0.29, 0.717) is 11.5 Å². The molecule has 0 aliphatic carbocycles. The van der Waals surface area contributed by atoms with Crippen LogP contribution in [0.5, 0.6) is 0 Å². The Balaban J connectivity index is 2.20. The number of sulfonamides is 1. The lowest BCUT2D eigenvalue weighted by Crippen LogP contribution is -2.48. The molecule has 2 amide bonds. The molecule has 2 saturated heterocycles. The lowest BCUT2D eigenvalue weighted by molar-refractivity contribution is -0.0316. The summed E-state index contributed by atoms with van der Waals surface area (Å²) < 4.78 is 65.5. The molecule has 0 saturated carbocycles. The summed E-state index contributed by atoms with van der Waals surface area (Å²) in [5, 5.41) is 0.534. The highest BCUT2D eigenvalue weighted by molar-refractivity contribution is 7.90. The van der Waals surface area contributed by atoms with E-state index in [1.807, 2.05) is 0 Å². The van der Waals surface area contributed by atoms with Crippen molar-refractivity contribution in [1.29, 1.82) is 0 Å². The number of hydroxylamine groups is 2. The van der Waals surface area contributed by atoms with Gasteiger partial charge in [0, 0.05) is 13.7 Å². The number of urea groups is 1. The van der Waals surface area contributed by atoms with Gasteiger partial charge in [0.05, 0.1) is 12.1 Å². The molecule has 0 spiro atoms. The van der Waals surface area contributed by atoms with Gasteiger partial charge in [-0.2, -0.15) is 13.5 Å². The molecule has 2 unspecified atom stereocenters. The van der Waals surface area contributed by atoms with E-state index in [2.05, 4.69) is 13.4 Å². The van der Waals surface area contributed by atoms with Gasteiger partial charge in [0.15, 0.2) is 5.94 Å². The van der Waals surface area contributed by atoms with E-state index in [-0.39, 0.29) is 18.8 Å². The summed E-state index contributed by atoms with van der Waals surface area (Å²) in [4.78, 5) is 13.3. The summed E-state index contributed by atoms with van der Waals surface area (Å²) >= 11 is 0. The van der Waals surface area contributed by atoms with E-state index in [1.54, 1.807) is 0 Å². The van der Waals surface area contributed by atoms with Crippen molar-refractivity contribution in [2.45, 2.75) is 24.9 Å². The highest BCUT2D eigenvalue weighted by Crippen LogP contribution is 2.30. The van der Waals surface area contributed by atoms with Gasteiger partial charge in [-0.15, -0.1) is 8.68 Å². The van der Waals surface area contributed by atoms with E-state index in [0.717, 1.165) is 4.90 Å². The Morgan fingerprint density at radius 3 is 2.61 bits per heavy atom. The molecular weight excluding hydrogens is 356 g/mol. The summed E-state index contributed by atoms with van der Waals surface area (Å²) in [6.07, 6.45) is 0.558. The summed E-state index contributed by atoms with van der Waals surface area (Å²) in [7, 11) is -7.60. The number of rotatable bonds is 6. The third-order valence-electron chi connectivity index (χ3n) is 3.35. The van der Waals surface area contributed by atoms with Crippen molar-refractivity contribution < 1.29 is 35.2 Å². The van der Waals surface area contributed by atoms with Crippen LogP contribution in [0.25, 0.3) is 0 Å². The molecule has 0 radical (unpaired) electrons. The monoisotopic (exact) mass is 372 g/mol. The molecule has 0 aromatic carbocycles. The number of nitrogens with zero attached hydrogens (tertiary/aromatic N) is 3. The van der Waals surface area contributed by atoms with Crippen LogP contribution < -0.4 is 5.73 Å². The van der Waals surface area contributed by atoms with Crippen LogP contribution in [0.3, 0.4) is 0 Å². The van der Waals surface area contributed by atoms with E-state index in [9.17, 15) is 21.6 Å². The molecule has 2 atom stereocenters. The molecule has 0 aromatic rings. The van der Waals surface area contributed by atoms with Crippen LogP contribution in [0.2, 0.25) is 0 Å². The molecule has 2 aliphatic rings. The first-order valence-corrected chi connectivity index (χ1v) is 9.35. The summed E-state index contributed by atoms with van der Waals surface area (Å²) in [6, 6.07) is -2.26. The van der Waals surface area contributed by atoms with Gasteiger partial charge in [-0.05, 0) is 12.8 Å². The van der Waals surface area contributed by atoms with Crippen molar-refractivity contribution >= 4 is 32.3 Å². The number of piperidine rings is 1.